The minimum absolute atomic E-state index is 0.0602. The lowest BCUT2D eigenvalue weighted by atomic mass is 10.1. The van der Waals surface area contributed by atoms with E-state index in [9.17, 15) is 19.2 Å². The Morgan fingerprint density at radius 2 is 1.47 bits per heavy atom. The van der Waals surface area contributed by atoms with Crippen LogP contribution in [0.1, 0.15) is 38.3 Å². The Labute approximate surface area is 196 Å². The highest BCUT2D eigenvalue weighted by Gasteiger charge is 2.38. The first-order valence-corrected chi connectivity index (χ1v) is 11.0. The first-order valence-electron chi connectivity index (χ1n) is 11.0. The number of anilines is 2. The maximum atomic E-state index is 12.9. The van der Waals surface area contributed by atoms with Gasteiger partial charge in [-0.25, -0.2) is 4.90 Å². The highest BCUT2D eigenvalue weighted by Crippen LogP contribution is 2.33. The van der Waals surface area contributed by atoms with E-state index in [-0.39, 0.29) is 24.6 Å². The molecule has 7 nitrogen and oxygen atoms in total. The Morgan fingerprint density at radius 3 is 2.12 bits per heavy atom. The highest BCUT2D eigenvalue weighted by molar-refractivity contribution is 6.34. The van der Waals surface area contributed by atoms with Gasteiger partial charge in [0.05, 0.1) is 22.7 Å². The van der Waals surface area contributed by atoms with E-state index in [0.29, 0.717) is 16.8 Å². The largest absolute Gasteiger partial charge is 0.426 e. The van der Waals surface area contributed by atoms with Gasteiger partial charge >= 0.3 is 5.97 Å². The third-order valence-electron chi connectivity index (χ3n) is 6.26. The van der Waals surface area contributed by atoms with Crippen molar-refractivity contribution >= 4 is 35.1 Å². The number of imide groups is 1. The Balaban J connectivity index is 1.33. The molecule has 0 N–H and O–H groups in total. The van der Waals surface area contributed by atoms with Crippen molar-refractivity contribution in [3.05, 3.63) is 89.0 Å². The summed E-state index contributed by atoms with van der Waals surface area (Å²) in [5, 5.41) is 0. The average molecular weight is 454 g/mol. The van der Waals surface area contributed by atoms with E-state index in [0.717, 1.165) is 21.7 Å². The summed E-state index contributed by atoms with van der Waals surface area (Å²) < 4.78 is 5.57. The second-order valence-corrected chi connectivity index (χ2v) is 8.56. The Bertz CT molecular complexity index is 1310. The molecule has 1 saturated heterocycles. The second-order valence-electron chi connectivity index (χ2n) is 8.56. The molecule has 2 aliphatic heterocycles. The summed E-state index contributed by atoms with van der Waals surface area (Å²) in [5.41, 5.74) is 3.76. The molecule has 1 atom stereocenters. The molecule has 1 fully saturated rings. The third-order valence-corrected chi connectivity index (χ3v) is 6.26. The molecule has 0 unspecified atom stereocenters. The molecule has 34 heavy (non-hydrogen) atoms. The number of carbonyl (C=O) groups excluding carboxylic acids is 4. The van der Waals surface area contributed by atoms with Gasteiger partial charge in [0.2, 0.25) is 5.91 Å². The molecule has 7 heteroatoms. The number of para-hydroxylation sites is 1. The van der Waals surface area contributed by atoms with Gasteiger partial charge in [-0.1, -0.05) is 36.4 Å². The van der Waals surface area contributed by atoms with Crippen molar-refractivity contribution in [2.45, 2.75) is 20.3 Å². The smallest absolute Gasteiger partial charge is 0.316 e. The zero-order valence-corrected chi connectivity index (χ0v) is 18.8. The minimum atomic E-state index is -0.616. The number of amides is 3. The monoisotopic (exact) mass is 454 g/mol. The quantitative estimate of drug-likeness (QED) is 0.337. The summed E-state index contributed by atoms with van der Waals surface area (Å²) in [6, 6.07) is 18.7. The normalized spacial score (nSPS) is 17.4. The van der Waals surface area contributed by atoms with Crippen LogP contribution in [-0.4, -0.2) is 30.2 Å². The summed E-state index contributed by atoms with van der Waals surface area (Å²) in [4.78, 5) is 53.8. The number of hydrogen-bond acceptors (Lipinski definition) is 5. The highest BCUT2D eigenvalue weighted by atomic mass is 16.5. The molecular formula is C27H22N2O5. The number of hydrogen-bond donors (Lipinski definition) is 0. The predicted molar refractivity (Wildman–Crippen MR) is 126 cm³/mol. The second kappa shape index (κ2) is 8.26. The van der Waals surface area contributed by atoms with Crippen LogP contribution in [-0.2, 0) is 9.59 Å². The molecule has 0 aromatic heterocycles. The summed E-state index contributed by atoms with van der Waals surface area (Å²) in [5.74, 6) is -1.91. The van der Waals surface area contributed by atoms with Crippen molar-refractivity contribution in [1.82, 2.24) is 0 Å². The molecular weight excluding hydrogens is 432 g/mol. The van der Waals surface area contributed by atoms with Crippen LogP contribution in [0.5, 0.6) is 5.75 Å². The third kappa shape index (κ3) is 3.55. The number of fused-ring (bicyclic) bond motifs is 1. The number of rotatable bonds is 4. The SMILES string of the molecule is Cc1cccc(C)c1N1C[C@@H](C(=O)Oc2cccc(N3C(=O)c4ccccc4C3=O)c2)CC1=O. The van der Waals surface area contributed by atoms with Crippen molar-refractivity contribution in [2.24, 2.45) is 5.92 Å². The predicted octanol–water partition coefficient (Wildman–Crippen LogP) is 4.06. The van der Waals surface area contributed by atoms with Crippen LogP contribution in [0.4, 0.5) is 11.4 Å². The average Bonchev–Trinajstić information content (AvgIpc) is 3.32. The maximum absolute atomic E-state index is 12.9. The molecule has 3 aromatic carbocycles. The zero-order chi connectivity index (χ0) is 24.0. The topological polar surface area (TPSA) is 84.0 Å². The summed E-state index contributed by atoms with van der Waals surface area (Å²) >= 11 is 0. The molecule has 0 spiro atoms. The fraction of sp³-hybridized carbons (Fsp3) is 0.185. The van der Waals surface area contributed by atoms with E-state index in [2.05, 4.69) is 0 Å². The zero-order valence-electron chi connectivity index (χ0n) is 18.8. The van der Waals surface area contributed by atoms with Crippen LogP contribution in [0.2, 0.25) is 0 Å². The number of carbonyl (C=O) groups is 4. The number of esters is 1. The molecule has 2 heterocycles. The van der Waals surface area contributed by atoms with Crippen LogP contribution in [0.15, 0.2) is 66.7 Å². The van der Waals surface area contributed by atoms with Crippen LogP contribution in [0, 0.1) is 19.8 Å². The van der Waals surface area contributed by atoms with E-state index in [1.807, 2.05) is 32.0 Å². The fourth-order valence-corrected chi connectivity index (χ4v) is 4.62. The number of nitrogens with zero attached hydrogens (tertiary/aromatic N) is 2. The molecule has 0 aliphatic carbocycles. The van der Waals surface area contributed by atoms with Gasteiger partial charge in [0, 0.05) is 24.7 Å². The van der Waals surface area contributed by atoms with E-state index >= 15 is 0 Å². The van der Waals surface area contributed by atoms with Gasteiger partial charge in [0.25, 0.3) is 11.8 Å². The van der Waals surface area contributed by atoms with Crippen molar-refractivity contribution in [3.8, 4) is 5.75 Å². The summed E-state index contributed by atoms with van der Waals surface area (Å²) in [6.45, 7) is 4.11. The van der Waals surface area contributed by atoms with Gasteiger partial charge in [-0.15, -0.1) is 0 Å². The van der Waals surface area contributed by atoms with E-state index in [1.54, 1.807) is 47.4 Å². The van der Waals surface area contributed by atoms with Crippen molar-refractivity contribution in [3.63, 3.8) is 0 Å². The first kappa shape index (κ1) is 21.6. The number of ether oxygens (including phenoxy) is 1. The minimum Gasteiger partial charge on any atom is -0.426 e. The maximum Gasteiger partial charge on any atom is 0.316 e. The lowest BCUT2D eigenvalue weighted by molar-refractivity contribution is -0.139. The Morgan fingerprint density at radius 1 is 0.853 bits per heavy atom. The standard InChI is InChI=1S/C27H22N2O5/c1-16-7-5-8-17(2)24(16)28-15-18(13-23(28)30)27(33)34-20-10-6-9-19(14-20)29-25(31)21-11-3-4-12-22(21)26(29)32/h3-12,14,18H,13,15H2,1-2H3/t18-/m0/s1. The van der Waals surface area contributed by atoms with Gasteiger partial charge in [0.15, 0.2) is 0 Å². The molecule has 5 rings (SSSR count). The molecule has 170 valence electrons. The lowest BCUT2D eigenvalue weighted by Crippen LogP contribution is -2.29. The van der Waals surface area contributed by atoms with Crippen LogP contribution >= 0.6 is 0 Å². The van der Waals surface area contributed by atoms with Gasteiger partial charge in [-0.05, 0) is 49.2 Å². The molecule has 0 radical (unpaired) electrons. The van der Waals surface area contributed by atoms with Gasteiger partial charge < -0.3 is 9.64 Å². The number of aryl methyl sites for hydroxylation is 2. The molecule has 2 aliphatic rings. The van der Waals surface area contributed by atoms with Crippen molar-refractivity contribution < 1.29 is 23.9 Å². The number of benzene rings is 3. The van der Waals surface area contributed by atoms with Crippen LogP contribution in [0.25, 0.3) is 0 Å². The molecule has 0 saturated carbocycles. The van der Waals surface area contributed by atoms with Crippen molar-refractivity contribution in [2.75, 3.05) is 16.3 Å². The molecule has 0 bridgehead atoms. The fourth-order valence-electron chi connectivity index (χ4n) is 4.62. The Kier molecular flexibility index (Phi) is 5.24. The lowest BCUT2D eigenvalue weighted by Gasteiger charge is -2.21. The van der Waals surface area contributed by atoms with Crippen LogP contribution in [0.3, 0.4) is 0 Å². The van der Waals surface area contributed by atoms with E-state index in [4.69, 9.17) is 4.74 Å². The van der Waals surface area contributed by atoms with Crippen molar-refractivity contribution in [1.29, 1.82) is 0 Å². The Hall–Kier alpha value is -4.26. The van der Waals surface area contributed by atoms with E-state index in [1.165, 1.54) is 6.07 Å². The molecule has 3 amide bonds. The van der Waals surface area contributed by atoms with Gasteiger partial charge in [-0.3, -0.25) is 19.2 Å². The van der Waals surface area contributed by atoms with Gasteiger partial charge in [0.1, 0.15) is 5.75 Å². The first-order chi connectivity index (χ1) is 16.3. The van der Waals surface area contributed by atoms with Crippen LogP contribution < -0.4 is 14.5 Å². The van der Waals surface area contributed by atoms with E-state index < -0.39 is 23.7 Å². The molecule has 3 aromatic rings. The summed E-state index contributed by atoms with van der Waals surface area (Å²) in [6.07, 6.45) is 0.0602. The summed E-state index contributed by atoms with van der Waals surface area (Å²) in [7, 11) is 0. The van der Waals surface area contributed by atoms with Gasteiger partial charge in [-0.2, -0.15) is 0 Å².